The number of benzene rings is 2. The van der Waals surface area contributed by atoms with Crippen LogP contribution in [0.1, 0.15) is 36.7 Å². The van der Waals surface area contributed by atoms with Crippen LogP contribution >= 0.6 is 86.9 Å². The second-order valence-corrected chi connectivity index (χ2v) is 12.6. The Labute approximate surface area is 301 Å². The van der Waals surface area contributed by atoms with Gasteiger partial charge in [0.2, 0.25) is 0 Å². The molecule has 0 aliphatic carbocycles. The summed E-state index contributed by atoms with van der Waals surface area (Å²) in [6, 6.07) is 8.82. The second kappa shape index (κ2) is 20.4. The number of aromatic nitrogens is 2. The first kappa shape index (κ1) is 42.2. The zero-order valence-electron chi connectivity index (χ0n) is 23.2. The summed E-state index contributed by atoms with van der Waals surface area (Å²) in [4.78, 5) is 24.2. The minimum atomic E-state index is -1.91. The van der Waals surface area contributed by atoms with E-state index in [-0.39, 0.29) is 29.6 Å². The molecule has 2 heterocycles. The number of nitrogens with one attached hydrogen (secondary N) is 2. The lowest BCUT2D eigenvalue weighted by atomic mass is 10.1. The van der Waals surface area contributed by atoms with Gasteiger partial charge in [0, 0.05) is 36.2 Å². The van der Waals surface area contributed by atoms with Crippen molar-refractivity contribution in [1.29, 1.82) is 0 Å². The van der Waals surface area contributed by atoms with Crippen LogP contribution in [0.15, 0.2) is 56.0 Å². The largest absolute Gasteiger partial charge is 0.384 e. The first-order chi connectivity index (χ1) is 20.2. The van der Waals surface area contributed by atoms with E-state index in [0.29, 0.717) is 26.5 Å². The number of rotatable bonds is 6. The number of halogens is 6. The molecule has 0 bridgehead atoms. The van der Waals surface area contributed by atoms with Crippen LogP contribution < -0.4 is 14.8 Å². The number of allylic oxidation sites excluding steroid dienone is 1. The fourth-order valence-electron chi connectivity index (χ4n) is 2.93. The van der Waals surface area contributed by atoms with Crippen LogP contribution in [0.5, 0.6) is 5.75 Å². The molecule has 244 valence electrons. The second-order valence-electron chi connectivity index (χ2n) is 8.15. The number of imidazole rings is 1. The van der Waals surface area contributed by atoms with Gasteiger partial charge in [-0.05, 0) is 114 Å². The average molecular weight is 933 g/mol. The number of nitrogens with zero attached hydrogens (tertiary/aromatic N) is 4. The first-order valence-electron chi connectivity index (χ1n) is 11.6. The molecule has 3 aromatic rings. The van der Waals surface area contributed by atoms with Crippen molar-refractivity contribution in [3.8, 4) is 5.75 Å². The molecule has 2 unspecified atom stereocenters. The number of aryl methyl sites for hydroxylation is 2. The maximum Gasteiger partial charge on any atom is 0.324 e. The quantitative estimate of drug-likeness (QED) is 0.107. The van der Waals surface area contributed by atoms with E-state index in [4.69, 9.17) is 15.8 Å². The Morgan fingerprint density at radius 2 is 1.50 bits per heavy atom. The van der Waals surface area contributed by atoms with E-state index in [1.54, 1.807) is 19.9 Å². The fraction of sp³-hybridized carbons (Fsp3) is 0.320. The minimum absolute atomic E-state index is 0. The summed E-state index contributed by atoms with van der Waals surface area (Å²) in [6.07, 6.45) is 1.47. The molecule has 0 radical (unpaired) electrons. The normalized spacial score (nSPS) is 13.7. The molecule has 0 fully saturated rings. The maximum absolute atomic E-state index is 12.3. The molecule has 4 rings (SSSR count). The van der Waals surface area contributed by atoms with Crippen LogP contribution in [0, 0.1) is 41.0 Å². The highest BCUT2D eigenvalue weighted by atomic mass is 79.9. The Morgan fingerprint density at radius 1 is 0.977 bits per heavy atom. The van der Waals surface area contributed by atoms with Crippen molar-refractivity contribution < 1.29 is 18.2 Å². The smallest absolute Gasteiger partial charge is 0.324 e. The molecular weight excluding hydrogens is 903 g/mol. The summed E-state index contributed by atoms with van der Waals surface area (Å²) in [5.41, 5.74) is 4.13. The van der Waals surface area contributed by atoms with E-state index in [9.17, 15) is 24.4 Å². The van der Waals surface area contributed by atoms with Crippen molar-refractivity contribution in [2.75, 3.05) is 6.38 Å². The lowest BCUT2D eigenvalue weighted by Crippen LogP contribution is -2.24. The highest BCUT2D eigenvalue weighted by molar-refractivity contribution is 9.12. The van der Waals surface area contributed by atoms with Crippen LogP contribution in [0.2, 0.25) is 0 Å². The van der Waals surface area contributed by atoms with Gasteiger partial charge < -0.3 is 14.8 Å². The molecule has 1 aliphatic heterocycles. The number of hydrogen-bond acceptors (Lipinski definition) is 9. The molecule has 0 amide bonds. The van der Waals surface area contributed by atoms with E-state index < -0.39 is 21.1 Å². The van der Waals surface area contributed by atoms with Gasteiger partial charge in [0.15, 0.2) is 15.6 Å². The molecule has 2 N–H and O–H groups in total. The number of hydrogen-bond donors (Lipinski definition) is 2. The highest BCUT2D eigenvalue weighted by Crippen LogP contribution is 2.27. The third-order valence-electron chi connectivity index (χ3n) is 5.27. The van der Waals surface area contributed by atoms with Gasteiger partial charge in [0.05, 0.1) is 26.2 Å². The summed E-state index contributed by atoms with van der Waals surface area (Å²) in [7, 11) is 0. The van der Waals surface area contributed by atoms with Crippen LogP contribution in [0.25, 0.3) is 0 Å². The Hall–Kier alpha value is -1.76. The monoisotopic (exact) mass is 928 g/mol. The van der Waals surface area contributed by atoms with Crippen molar-refractivity contribution in [3.05, 3.63) is 98.7 Å². The van der Waals surface area contributed by atoms with Crippen LogP contribution in [0.4, 0.5) is 11.4 Å². The molecule has 1 aliphatic rings. The van der Waals surface area contributed by atoms with Crippen molar-refractivity contribution in [1.82, 2.24) is 19.6 Å². The van der Waals surface area contributed by atoms with Crippen LogP contribution in [0.3, 0.4) is 0 Å². The number of nitro groups is 2. The first-order valence-corrected chi connectivity index (χ1v) is 17.2. The molecule has 0 spiro atoms. The molecule has 0 saturated heterocycles. The lowest BCUT2D eigenvalue weighted by molar-refractivity contribution is -0.385. The fourth-order valence-corrected chi connectivity index (χ4v) is 6.82. The standard InChI is InChI=1S/C11H9Br2N3O4S.C8H8ClNO2.C4H6Br2N2.CH3Cl.CH4/c1-6-3-4-8(16(17)18)5-9(6)20-21(19)15-7(2)10(12)14-11(15)13;1-6-2-3-8(10(11)12)4-7(6)5-9;1-2-3(5)8-4(6)7-2;1-2;/h3-5H,1-2H3;2-4H,5H2,1H3;4,7-8H,1H3;1H3;1H4. The van der Waals surface area contributed by atoms with Gasteiger partial charge in [-0.3, -0.25) is 20.2 Å². The summed E-state index contributed by atoms with van der Waals surface area (Å²) in [6.45, 7) is 7.30. The van der Waals surface area contributed by atoms with Gasteiger partial charge in [-0.15, -0.1) is 23.2 Å². The van der Waals surface area contributed by atoms with Crippen LogP contribution in [-0.4, -0.2) is 34.5 Å². The van der Waals surface area contributed by atoms with Crippen molar-refractivity contribution in [3.63, 3.8) is 0 Å². The topological polar surface area (TPSA) is 154 Å². The summed E-state index contributed by atoms with van der Waals surface area (Å²) < 4.78 is 20.8. The van der Waals surface area contributed by atoms with Gasteiger partial charge in [0.25, 0.3) is 11.4 Å². The van der Waals surface area contributed by atoms with Crippen molar-refractivity contribution >= 4 is 110 Å². The van der Waals surface area contributed by atoms with Crippen LogP contribution in [-0.2, 0) is 17.1 Å². The van der Waals surface area contributed by atoms with Gasteiger partial charge in [0.1, 0.15) is 4.60 Å². The van der Waals surface area contributed by atoms with E-state index in [2.05, 4.69) is 90.9 Å². The van der Waals surface area contributed by atoms with Gasteiger partial charge in [-0.1, -0.05) is 13.5 Å². The predicted molar refractivity (Wildman–Crippen MR) is 191 cm³/mol. The van der Waals surface area contributed by atoms with E-state index >= 15 is 0 Å². The molecule has 12 nitrogen and oxygen atoms in total. The molecule has 0 saturated carbocycles. The number of alkyl halides is 3. The van der Waals surface area contributed by atoms with Gasteiger partial charge in [-0.2, -0.15) is 4.21 Å². The molecule has 19 heteroatoms. The van der Waals surface area contributed by atoms with E-state index in [0.717, 1.165) is 21.4 Å². The zero-order valence-corrected chi connectivity index (χ0v) is 31.8. The summed E-state index contributed by atoms with van der Waals surface area (Å²) in [5.74, 6) is 0.492. The molecular formula is C25H30Br4Cl2N6O6S. The third-order valence-corrected chi connectivity index (χ3v) is 9.42. The predicted octanol–water partition coefficient (Wildman–Crippen LogP) is 9.01. The Balaban J connectivity index is 0.000000678. The molecule has 2 atom stereocenters. The Bertz CT molecular complexity index is 1500. The number of nitro benzene ring substituents is 2. The third kappa shape index (κ3) is 12.6. The van der Waals surface area contributed by atoms with E-state index in [1.165, 1.54) is 40.7 Å². The highest BCUT2D eigenvalue weighted by Gasteiger charge is 2.19. The number of non-ortho nitro benzene ring substituents is 2. The zero-order chi connectivity index (χ0) is 33.0. The van der Waals surface area contributed by atoms with Crippen molar-refractivity contribution in [2.24, 2.45) is 0 Å². The molecule has 2 aromatic carbocycles. The molecule has 1 aromatic heterocycles. The maximum atomic E-state index is 12.3. The minimum Gasteiger partial charge on any atom is -0.384 e. The van der Waals surface area contributed by atoms with E-state index in [1.807, 2.05) is 13.8 Å². The van der Waals surface area contributed by atoms with Gasteiger partial charge in [-0.25, -0.2) is 8.96 Å². The summed E-state index contributed by atoms with van der Waals surface area (Å²) in [5, 5.41) is 27.5. The SMILES string of the molecule is C.CC1=C(Br)NC(Br)N1.CCl.Cc1ccc([N+](=O)[O-])cc1CCl.Cc1ccc([N+](=O)[O-])cc1OS(=O)n1c(Br)nc(Br)c1C. The summed E-state index contributed by atoms with van der Waals surface area (Å²) >= 11 is 21.4. The van der Waals surface area contributed by atoms with Gasteiger partial charge >= 0.3 is 11.3 Å². The Morgan fingerprint density at radius 3 is 1.89 bits per heavy atom. The van der Waals surface area contributed by atoms with Crippen molar-refractivity contribution in [2.45, 2.75) is 46.1 Å². The Kier molecular flexibility index (Phi) is 19.6. The lowest BCUT2D eigenvalue weighted by Gasteiger charge is -2.09. The molecule has 44 heavy (non-hydrogen) atoms. The average Bonchev–Trinajstić information content (AvgIpc) is 3.39.